The van der Waals surface area contributed by atoms with Crippen molar-refractivity contribution in [1.82, 2.24) is 10.4 Å². The lowest BCUT2D eigenvalue weighted by atomic mass is 10.4. The van der Waals surface area contributed by atoms with Gasteiger partial charge in [0.05, 0.1) is 6.42 Å². The van der Waals surface area contributed by atoms with Gasteiger partial charge in [0.2, 0.25) is 5.91 Å². The van der Waals surface area contributed by atoms with Gasteiger partial charge in [0.15, 0.2) is 0 Å². The van der Waals surface area contributed by atoms with Gasteiger partial charge < -0.3 is 10.2 Å². The number of hydrogen-bond donors (Lipinski definition) is 1. The van der Waals surface area contributed by atoms with E-state index in [4.69, 9.17) is 0 Å². The van der Waals surface area contributed by atoms with E-state index < -0.39 is 23.7 Å². The van der Waals surface area contributed by atoms with Crippen molar-refractivity contribution in [3.8, 4) is 0 Å². The quantitative estimate of drug-likeness (QED) is 0.506. The van der Waals surface area contributed by atoms with Gasteiger partial charge in [-0.1, -0.05) is 6.58 Å². The second-order valence-corrected chi connectivity index (χ2v) is 3.29. The molecule has 1 fully saturated rings. The first kappa shape index (κ1) is 12.9. The Morgan fingerprint density at radius 2 is 1.94 bits per heavy atom. The van der Waals surface area contributed by atoms with E-state index in [9.17, 15) is 19.2 Å². The molecule has 0 spiro atoms. The number of carbonyl (C=O) groups is 4. The average Bonchev–Trinajstić information content (AvgIpc) is 2.60. The number of hydroxylamine groups is 2. The number of nitrogens with one attached hydrogen (secondary N) is 1. The Kier molecular flexibility index (Phi) is 4.38. The predicted octanol–water partition coefficient (Wildman–Crippen LogP) is -0.714. The SMILES string of the molecule is C=CC(=O)NCCC(=O)ON1C(=O)CCC1=O. The fourth-order valence-corrected chi connectivity index (χ4v) is 1.17. The van der Waals surface area contributed by atoms with Gasteiger partial charge in [-0.2, -0.15) is 0 Å². The van der Waals surface area contributed by atoms with Crippen LogP contribution in [0.1, 0.15) is 19.3 Å². The van der Waals surface area contributed by atoms with Crippen LogP contribution in [0, 0.1) is 0 Å². The van der Waals surface area contributed by atoms with Crippen LogP contribution in [0.15, 0.2) is 12.7 Å². The first-order valence-electron chi connectivity index (χ1n) is 5.01. The molecular weight excluding hydrogens is 228 g/mol. The molecule has 0 saturated carbocycles. The number of nitrogens with zero attached hydrogens (tertiary/aromatic N) is 1. The van der Waals surface area contributed by atoms with E-state index in [0.717, 1.165) is 6.08 Å². The maximum Gasteiger partial charge on any atom is 0.334 e. The van der Waals surface area contributed by atoms with Gasteiger partial charge in [-0.05, 0) is 6.08 Å². The molecule has 17 heavy (non-hydrogen) atoms. The van der Waals surface area contributed by atoms with Crippen LogP contribution in [-0.4, -0.2) is 35.3 Å². The largest absolute Gasteiger partial charge is 0.352 e. The lowest BCUT2D eigenvalue weighted by molar-refractivity contribution is -0.197. The first-order chi connectivity index (χ1) is 8.04. The lowest BCUT2D eigenvalue weighted by Crippen LogP contribution is -2.33. The Balaban J connectivity index is 2.30. The zero-order valence-electron chi connectivity index (χ0n) is 9.10. The number of carbonyl (C=O) groups excluding carboxylic acids is 4. The fourth-order valence-electron chi connectivity index (χ4n) is 1.17. The van der Waals surface area contributed by atoms with Gasteiger partial charge >= 0.3 is 5.97 Å². The second kappa shape index (κ2) is 5.78. The highest BCUT2D eigenvalue weighted by molar-refractivity contribution is 6.01. The molecule has 1 aliphatic rings. The van der Waals surface area contributed by atoms with Crippen LogP contribution in [0.2, 0.25) is 0 Å². The van der Waals surface area contributed by atoms with Crippen molar-refractivity contribution in [2.75, 3.05) is 6.54 Å². The minimum Gasteiger partial charge on any atom is -0.352 e. The topological polar surface area (TPSA) is 92.8 Å². The maximum absolute atomic E-state index is 11.2. The van der Waals surface area contributed by atoms with Crippen molar-refractivity contribution in [3.05, 3.63) is 12.7 Å². The summed E-state index contributed by atoms with van der Waals surface area (Å²) in [6, 6.07) is 0. The Labute approximate surface area is 97.4 Å². The normalized spacial score (nSPS) is 14.7. The van der Waals surface area contributed by atoms with Gasteiger partial charge in [0.1, 0.15) is 0 Å². The highest BCUT2D eigenvalue weighted by atomic mass is 16.7. The first-order valence-corrected chi connectivity index (χ1v) is 5.01. The highest BCUT2D eigenvalue weighted by Gasteiger charge is 2.32. The summed E-state index contributed by atoms with van der Waals surface area (Å²) in [5.41, 5.74) is 0. The summed E-state index contributed by atoms with van der Waals surface area (Å²) in [7, 11) is 0. The third-order valence-corrected chi connectivity index (χ3v) is 2.01. The van der Waals surface area contributed by atoms with E-state index in [0.29, 0.717) is 5.06 Å². The van der Waals surface area contributed by atoms with Crippen molar-refractivity contribution in [1.29, 1.82) is 0 Å². The molecule has 7 nitrogen and oxygen atoms in total. The minimum absolute atomic E-state index is 0.0549. The molecule has 1 N–H and O–H groups in total. The Hall–Kier alpha value is -2.18. The van der Waals surface area contributed by atoms with Gasteiger partial charge in [-0.25, -0.2) is 4.79 Å². The third kappa shape index (κ3) is 3.71. The number of rotatable bonds is 5. The van der Waals surface area contributed by atoms with Crippen LogP contribution in [0.25, 0.3) is 0 Å². The molecule has 0 atom stereocenters. The molecule has 7 heteroatoms. The van der Waals surface area contributed by atoms with Gasteiger partial charge in [0.25, 0.3) is 11.8 Å². The molecular formula is C10H12N2O5. The standard InChI is InChI=1S/C10H12N2O5/c1-2-7(13)11-6-5-10(16)17-12-8(14)3-4-9(12)15/h2H,1,3-6H2,(H,11,13). The third-order valence-electron chi connectivity index (χ3n) is 2.01. The molecule has 0 radical (unpaired) electrons. The van der Waals surface area contributed by atoms with E-state index in [2.05, 4.69) is 16.7 Å². The molecule has 1 saturated heterocycles. The number of amides is 3. The Morgan fingerprint density at radius 1 is 1.35 bits per heavy atom. The van der Waals surface area contributed by atoms with Crippen molar-refractivity contribution in [2.24, 2.45) is 0 Å². The molecule has 0 unspecified atom stereocenters. The minimum atomic E-state index is -0.752. The maximum atomic E-state index is 11.2. The van der Waals surface area contributed by atoms with E-state index in [-0.39, 0.29) is 25.8 Å². The second-order valence-electron chi connectivity index (χ2n) is 3.29. The number of hydrogen-bond acceptors (Lipinski definition) is 5. The summed E-state index contributed by atoms with van der Waals surface area (Å²) in [6.07, 6.45) is 1.05. The molecule has 1 rings (SSSR count). The smallest absolute Gasteiger partial charge is 0.334 e. The lowest BCUT2D eigenvalue weighted by Gasteiger charge is -2.12. The van der Waals surface area contributed by atoms with Crippen LogP contribution in [0.3, 0.4) is 0 Å². The molecule has 92 valence electrons. The van der Waals surface area contributed by atoms with Crippen LogP contribution < -0.4 is 5.32 Å². The zero-order valence-corrected chi connectivity index (χ0v) is 9.10. The molecule has 0 bridgehead atoms. The van der Waals surface area contributed by atoms with Crippen LogP contribution in [-0.2, 0) is 24.0 Å². The molecule has 0 aromatic carbocycles. The molecule has 0 aliphatic carbocycles. The Bertz CT molecular complexity index is 361. The fraction of sp³-hybridized carbons (Fsp3) is 0.400. The predicted molar refractivity (Wildman–Crippen MR) is 55.0 cm³/mol. The summed E-state index contributed by atoms with van der Waals surface area (Å²) in [5, 5.41) is 2.83. The molecule has 0 aromatic rings. The van der Waals surface area contributed by atoms with Crippen molar-refractivity contribution in [2.45, 2.75) is 19.3 Å². The number of imide groups is 1. The van der Waals surface area contributed by atoms with E-state index in [1.54, 1.807) is 0 Å². The van der Waals surface area contributed by atoms with Crippen molar-refractivity contribution < 1.29 is 24.0 Å². The monoisotopic (exact) mass is 240 g/mol. The average molecular weight is 240 g/mol. The van der Waals surface area contributed by atoms with E-state index in [1.807, 2.05) is 0 Å². The van der Waals surface area contributed by atoms with Crippen molar-refractivity contribution in [3.63, 3.8) is 0 Å². The van der Waals surface area contributed by atoms with Gasteiger partial charge in [0, 0.05) is 19.4 Å². The molecule has 3 amide bonds. The zero-order chi connectivity index (χ0) is 12.8. The summed E-state index contributed by atoms with van der Waals surface area (Å²) in [6.45, 7) is 3.29. The summed E-state index contributed by atoms with van der Waals surface area (Å²) in [4.78, 5) is 48.7. The van der Waals surface area contributed by atoms with Crippen LogP contribution >= 0.6 is 0 Å². The summed E-state index contributed by atoms with van der Waals surface area (Å²) in [5.74, 6) is -2.22. The van der Waals surface area contributed by atoms with E-state index >= 15 is 0 Å². The van der Waals surface area contributed by atoms with E-state index in [1.165, 1.54) is 0 Å². The van der Waals surface area contributed by atoms with Crippen LogP contribution in [0.5, 0.6) is 0 Å². The summed E-state index contributed by atoms with van der Waals surface area (Å²) < 4.78 is 0. The molecule has 1 heterocycles. The summed E-state index contributed by atoms with van der Waals surface area (Å²) >= 11 is 0. The van der Waals surface area contributed by atoms with Gasteiger partial charge in [-0.3, -0.25) is 14.4 Å². The van der Waals surface area contributed by atoms with Crippen LogP contribution in [0.4, 0.5) is 0 Å². The molecule has 0 aromatic heterocycles. The molecule has 1 aliphatic heterocycles. The van der Waals surface area contributed by atoms with Crippen molar-refractivity contribution >= 4 is 23.7 Å². The highest BCUT2D eigenvalue weighted by Crippen LogP contribution is 2.12. The Morgan fingerprint density at radius 3 is 2.47 bits per heavy atom. The van der Waals surface area contributed by atoms with Gasteiger partial charge in [-0.15, -0.1) is 5.06 Å².